The summed E-state index contributed by atoms with van der Waals surface area (Å²) in [6.07, 6.45) is 66.1. The van der Waals surface area contributed by atoms with E-state index in [0.717, 1.165) is 96.3 Å². The van der Waals surface area contributed by atoms with E-state index in [1.165, 1.54) is 0 Å². The number of ether oxygens (including phenoxy) is 3. The molecule has 0 aliphatic heterocycles. The van der Waals surface area contributed by atoms with Gasteiger partial charge in [-0.05, 0) is 83.5 Å². The number of hydrogen-bond acceptors (Lipinski definition) is 6. The minimum atomic E-state index is -0.894. The molecule has 0 amide bonds. The van der Waals surface area contributed by atoms with Crippen LogP contribution in [0.4, 0.5) is 0 Å². The maximum Gasteiger partial charge on any atom is 0.362 e. The first-order valence-electron chi connectivity index (χ1n) is 24.0. The normalized spacial score (nSPS) is 14.2. The molecule has 0 aromatic rings. The molecule has 0 saturated carbocycles. The highest BCUT2D eigenvalue weighted by Gasteiger charge is 2.31. The quantitative estimate of drug-likeness (QED) is 0.0215. The average Bonchev–Trinajstić information content (AvgIpc) is 3.26. The number of carboxylic acid groups (broad SMARTS) is 1. The van der Waals surface area contributed by atoms with Crippen LogP contribution in [0, 0.1) is 0 Å². The zero-order valence-electron chi connectivity index (χ0n) is 40.4. The number of hydrogen-bond donors (Lipinski definition) is 1. The van der Waals surface area contributed by atoms with Gasteiger partial charge in [-0.2, -0.15) is 0 Å². The minimum absolute atomic E-state index is 0.0224. The summed E-state index contributed by atoms with van der Waals surface area (Å²) in [5.41, 5.74) is 0. The van der Waals surface area contributed by atoms with Crippen molar-refractivity contribution in [3.63, 3.8) is 0 Å². The number of esters is 2. The van der Waals surface area contributed by atoms with Crippen molar-refractivity contribution in [2.45, 2.75) is 148 Å². The Bertz CT molecular complexity index is 1540. The Morgan fingerprint density at radius 2 is 0.906 bits per heavy atom. The molecule has 2 atom stereocenters. The highest BCUT2D eigenvalue weighted by molar-refractivity contribution is 5.72. The van der Waals surface area contributed by atoms with Gasteiger partial charge in [-0.1, -0.05) is 179 Å². The zero-order chi connectivity index (χ0) is 47.0. The van der Waals surface area contributed by atoms with E-state index in [0.29, 0.717) is 19.3 Å². The van der Waals surface area contributed by atoms with Crippen LogP contribution < -0.4 is 0 Å². The lowest BCUT2D eigenvalue weighted by Gasteiger charge is -2.31. The summed E-state index contributed by atoms with van der Waals surface area (Å²) in [6.45, 7) is 4.37. The van der Waals surface area contributed by atoms with Gasteiger partial charge in [0.15, 0.2) is 12.1 Å². The molecule has 0 aliphatic carbocycles. The number of carbonyl (C=O) groups is 3. The number of aliphatic carboxylic acids is 1. The van der Waals surface area contributed by atoms with Crippen LogP contribution in [0.1, 0.15) is 136 Å². The fourth-order valence-corrected chi connectivity index (χ4v) is 6.01. The molecule has 0 aromatic carbocycles. The van der Waals surface area contributed by atoms with E-state index < -0.39 is 18.1 Å². The lowest BCUT2D eigenvalue weighted by molar-refractivity contribution is -0.887. The Morgan fingerprint density at radius 3 is 1.41 bits per heavy atom. The van der Waals surface area contributed by atoms with Gasteiger partial charge >= 0.3 is 17.9 Å². The largest absolute Gasteiger partial charge is 0.477 e. The standard InChI is InChI=1S/C56H85NO7/c1-6-8-10-12-14-16-18-20-22-24-25-26-27-28-29-31-32-34-36-38-40-42-44-46-54(58)63-51-52(50-62-49-48-53(56(60)61)57(3,4)5)64-55(59)47-45-43-41-39-37-35-33-30-23-21-19-17-15-13-11-9-7-2/h8-11,13-17,19-23,25-26,28-30,32-35,37,52-53H,6-7,12,18,24,27,31,36,38-51H2,1-5H3/p+1/b10-8+,11-9+,15-13+,16-14+,19-17+,22-20+,23-21+,26-25+,29-28+,33-30+,34-32+,37-35+. The Hall–Kier alpha value is -4.79. The van der Waals surface area contributed by atoms with Crippen molar-refractivity contribution in [3.05, 3.63) is 146 Å². The molecule has 1 N–H and O–H groups in total. The van der Waals surface area contributed by atoms with E-state index in [1.54, 1.807) is 0 Å². The molecule has 64 heavy (non-hydrogen) atoms. The van der Waals surface area contributed by atoms with Crippen molar-refractivity contribution in [2.75, 3.05) is 41.0 Å². The number of likely N-dealkylation sites (N-methyl/N-ethyl adjacent to an activating group) is 1. The third kappa shape index (κ3) is 42.5. The number of unbranched alkanes of at least 4 members (excludes halogenated alkanes) is 7. The molecule has 356 valence electrons. The first-order valence-corrected chi connectivity index (χ1v) is 24.0. The van der Waals surface area contributed by atoms with Crippen LogP contribution in [0.5, 0.6) is 0 Å². The van der Waals surface area contributed by atoms with Gasteiger partial charge in [0.1, 0.15) is 6.61 Å². The summed E-state index contributed by atoms with van der Waals surface area (Å²) in [5.74, 6) is -1.58. The molecule has 0 saturated heterocycles. The van der Waals surface area contributed by atoms with E-state index in [2.05, 4.69) is 98.9 Å². The maximum atomic E-state index is 12.8. The molecule has 0 radical (unpaired) electrons. The van der Waals surface area contributed by atoms with Crippen LogP contribution in [0.15, 0.2) is 146 Å². The number of carbonyl (C=O) groups excluding carboxylic acids is 2. The van der Waals surface area contributed by atoms with Gasteiger partial charge in [0.05, 0.1) is 34.4 Å². The predicted molar refractivity (Wildman–Crippen MR) is 270 cm³/mol. The zero-order valence-corrected chi connectivity index (χ0v) is 40.4. The van der Waals surface area contributed by atoms with Crippen LogP contribution in [0.2, 0.25) is 0 Å². The highest BCUT2D eigenvalue weighted by Crippen LogP contribution is 2.12. The highest BCUT2D eigenvalue weighted by atomic mass is 16.6. The predicted octanol–water partition coefficient (Wildman–Crippen LogP) is 13.7. The molecule has 0 aromatic heterocycles. The van der Waals surface area contributed by atoms with Crippen LogP contribution in [-0.2, 0) is 28.6 Å². The van der Waals surface area contributed by atoms with Crippen molar-refractivity contribution in [2.24, 2.45) is 0 Å². The minimum Gasteiger partial charge on any atom is -0.477 e. The van der Waals surface area contributed by atoms with Gasteiger partial charge in [-0.15, -0.1) is 0 Å². The van der Waals surface area contributed by atoms with Crippen molar-refractivity contribution < 1.29 is 38.2 Å². The SMILES string of the molecule is CC/C=C/C=C/C=C/C=C/C=C/C=C/CCCCCC(=O)OC(COCCC(C(=O)O)[N+](C)(C)C)COC(=O)CCCCCC/C=C/C/C=C/C/C=C/C/C=C/C/C=C/C/C=C/CC. The molecule has 0 spiro atoms. The van der Waals surface area contributed by atoms with E-state index in [9.17, 15) is 19.5 Å². The molecule has 2 unspecified atom stereocenters. The van der Waals surface area contributed by atoms with Gasteiger partial charge in [-0.3, -0.25) is 9.59 Å². The Balaban J connectivity index is 4.46. The van der Waals surface area contributed by atoms with Gasteiger partial charge in [0.25, 0.3) is 0 Å². The van der Waals surface area contributed by atoms with E-state index in [4.69, 9.17) is 14.2 Å². The van der Waals surface area contributed by atoms with Crippen molar-refractivity contribution in [1.29, 1.82) is 0 Å². The lowest BCUT2D eigenvalue weighted by Crippen LogP contribution is -2.50. The summed E-state index contributed by atoms with van der Waals surface area (Å²) in [4.78, 5) is 37.1. The molecule has 0 bridgehead atoms. The van der Waals surface area contributed by atoms with Gasteiger partial charge < -0.3 is 23.8 Å². The van der Waals surface area contributed by atoms with Crippen LogP contribution >= 0.6 is 0 Å². The molecule has 8 heteroatoms. The first kappa shape index (κ1) is 59.2. The molecule has 8 nitrogen and oxygen atoms in total. The summed E-state index contributed by atoms with van der Waals surface area (Å²) in [7, 11) is 5.48. The molecule has 0 rings (SSSR count). The van der Waals surface area contributed by atoms with E-state index in [-0.39, 0.29) is 42.7 Å². The van der Waals surface area contributed by atoms with E-state index in [1.807, 2.05) is 81.9 Å². The summed E-state index contributed by atoms with van der Waals surface area (Å²) < 4.78 is 17.2. The number of nitrogens with zero attached hydrogens (tertiary/aromatic N) is 1. The topological polar surface area (TPSA) is 99.1 Å². The molecular formula is C56H86NO7+. The fourth-order valence-electron chi connectivity index (χ4n) is 6.01. The molecule has 0 heterocycles. The third-order valence-corrected chi connectivity index (χ3v) is 9.65. The van der Waals surface area contributed by atoms with Crippen LogP contribution in [-0.4, -0.2) is 80.6 Å². The second-order valence-electron chi connectivity index (χ2n) is 16.4. The van der Waals surface area contributed by atoms with Crippen molar-refractivity contribution in [3.8, 4) is 0 Å². The van der Waals surface area contributed by atoms with Crippen molar-refractivity contribution in [1.82, 2.24) is 0 Å². The average molecular weight is 885 g/mol. The van der Waals surface area contributed by atoms with Crippen LogP contribution in [0.25, 0.3) is 0 Å². The molecule has 0 fully saturated rings. The van der Waals surface area contributed by atoms with E-state index >= 15 is 0 Å². The number of quaternary nitrogens is 1. The van der Waals surface area contributed by atoms with Crippen LogP contribution in [0.3, 0.4) is 0 Å². The smallest absolute Gasteiger partial charge is 0.362 e. The lowest BCUT2D eigenvalue weighted by atomic mass is 10.1. The monoisotopic (exact) mass is 885 g/mol. The van der Waals surface area contributed by atoms with Gasteiger partial charge in [0, 0.05) is 19.3 Å². The summed E-state index contributed by atoms with van der Waals surface area (Å²) >= 11 is 0. The Kier molecular flexibility index (Phi) is 41.5. The second-order valence-corrected chi connectivity index (χ2v) is 16.4. The number of rotatable bonds is 40. The van der Waals surface area contributed by atoms with Gasteiger partial charge in [0.2, 0.25) is 0 Å². The Morgan fingerprint density at radius 1 is 0.484 bits per heavy atom. The van der Waals surface area contributed by atoms with Crippen molar-refractivity contribution >= 4 is 17.9 Å². The molecular weight excluding hydrogens is 799 g/mol. The van der Waals surface area contributed by atoms with Gasteiger partial charge in [-0.25, -0.2) is 4.79 Å². The number of allylic oxidation sites excluding steroid dienone is 24. The fraction of sp³-hybridized carbons (Fsp3) is 0.518. The second kappa shape index (κ2) is 44.8. The summed E-state index contributed by atoms with van der Waals surface area (Å²) in [5, 5.41) is 9.64. The molecule has 0 aliphatic rings. The summed E-state index contributed by atoms with van der Waals surface area (Å²) in [6, 6.07) is -0.639. The Labute approximate surface area is 389 Å². The maximum absolute atomic E-state index is 12.8. The first-order chi connectivity index (χ1) is 31.1. The number of carboxylic acids is 1. The third-order valence-electron chi connectivity index (χ3n) is 9.65.